The van der Waals surface area contributed by atoms with E-state index in [9.17, 15) is 4.79 Å². The van der Waals surface area contributed by atoms with Crippen LogP contribution < -0.4 is 5.32 Å². The molecule has 0 bridgehead atoms. The number of amides is 1. The van der Waals surface area contributed by atoms with Crippen LogP contribution in [-0.2, 0) is 0 Å². The highest BCUT2D eigenvalue weighted by Crippen LogP contribution is 2.42. The van der Waals surface area contributed by atoms with Gasteiger partial charge >= 0.3 is 0 Å². The monoisotopic (exact) mass is 372 g/mol. The van der Waals surface area contributed by atoms with Gasteiger partial charge in [0.05, 0.1) is 22.9 Å². The second kappa shape index (κ2) is 5.96. The summed E-state index contributed by atoms with van der Waals surface area (Å²) in [5.74, 6) is -0.0698. The first kappa shape index (κ1) is 16.1. The van der Waals surface area contributed by atoms with E-state index in [1.165, 1.54) is 11.3 Å². The number of nitrogens with zero attached hydrogens (tertiary/aromatic N) is 3. The van der Waals surface area contributed by atoms with Gasteiger partial charge < -0.3 is 5.32 Å². The molecule has 27 heavy (non-hydrogen) atoms. The molecule has 5 rings (SSSR count). The number of hydrogen-bond acceptors (Lipinski definition) is 5. The van der Waals surface area contributed by atoms with E-state index in [0.29, 0.717) is 4.88 Å². The largest absolute Gasteiger partial charge is 0.344 e. The molecule has 1 aliphatic heterocycles. The molecular weight excluding hydrogens is 356 g/mol. The van der Waals surface area contributed by atoms with Crippen molar-refractivity contribution in [3.63, 3.8) is 0 Å². The SMILES string of the molecule is Cc1ccc(-c2ccc3c(ccc4sc5c(c43)N=C[C@@H](C)NC5=O)n2)cn1. The van der Waals surface area contributed by atoms with Crippen LogP contribution in [0.2, 0.25) is 0 Å². The third-order valence-electron chi connectivity index (χ3n) is 4.70. The third kappa shape index (κ3) is 2.61. The lowest BCUT2D eigenvalue weighted by Gasteiger charge is -2.05. The fourth-order valence-electron chi connectivity index (χ4n) is 3.34. The van der Waals surface area contributed by atoms with Gasteiger partial charge in [-0.3, -0.25) is 14.8 Å². The normalized spacial score (nSPS) is 16.4. The predicted octanol–water partition coefficient (Wildman–Crippen LogP) is 4.65. The molecule has 1 atom stereocenters. The van der Waals surface area contributed by atoms with Crippen molar-refractivity contribution in [2.75, 3.05) is 0 Å². The summed E-state index contributed by atoms with van der Waals surface area (Å²) in [5.41, 5.74) is 4.47. The Morgan fingerprint density at radius 1 is 1.11 bits per heavy atom. The van der Waals surface area contributed by atoms with Gasteiger partial charge in [0.25, 0.3) is 5.91 Å². The van der Waals surface area contributed by atoms with E-state index < -0.39 is 0 Å². The van der Waals surface area contributed by atoms with Crippen molar-refractivity contribution in [2.45, 2.75) is 19.9 Å². The van der Waals surface area contributed by atoms with Crippen LogP contribution in [-0.4, -0.2) is 28.1 Å². The molecule has 0 saturated heterocycles. The third-order valence-corrected chi connectivity index (χ3v) is 5.84. The van der Waals surface area contributed by atoms with E-state index in [2.05, 4.69) is 21.4 Å². The van der Waals surface area contributed by atoms with Crippen LogP contribution in [0.3, 0.4) is 0 Å². The number of carbonyl (C=O) groups excluding carboxylic acids is 1. The van der Waals surface area contributed by atoms with Gasteiger partial charge in [-0.15, -0.1) is 11.3 Å². The first-order valence-electron chi connectivity index (χ1n) is 8.74. The quantitative estimate of drug-likeness (QED) is 0.529. The molecule has 1 aliphatic rings. The number of thiophene rings is 1. The molecule has 1 aromatic carbocycles. The zero-order valence-electron chi connectivity index (χ0n) is 14.9. The van der Waals surface area contributed by atoms with Crippen molar-refractivity contribution < 1.29 is 4.79 Å². The van der Waals surface area contributed by atoms with Gasteiger partial charge in [-0.1, -0.05) is 0 Å². The predicted molar refractivity (Wildman–Crippen MR) is 110 cm³/mol. The molecular formula is C21H16N4OS. The molecule has 0 radical (unpaired) electrons. The molecule has 1 amide bonds. The van der Waals surface area contributed by atoms with E-state index in [0.717, 1.165) is 43.6 Å². The van der Waals surface area contributed by atoms with E-state index in [1.807, 2.05) is 50.4 Å². The summed E-state index contributed by atoms with van der Waals surface area (Å²) in [6.07, 6.45) is 3.63. The standard InChI is InChI=1S/C21H16N4OS/c1-11-3-4-13(10-22-11)15-6-5-14-16(25-15)7-8-17-18(14)19-20(27-17)21(26)24-12(2)9-23-19/h3-10,12H,1-2H3,(H,24,26)/t12-/m1/s1. The number of aliphatic imine (C=N–C) groups is 1. The van der Waals surface area contributed by atoms with Gasteiger partial charge in [0.15, 0.2) is 0 Å². The van der Waals surface area contributed by atoms with E-state index in [4.69, 9.17) is 4.98 Å². The molecule has 0 spiro atoms. The van der Waals surface area contributed by atoms with Crippen LogP contribution in [0.15, 0.2) is 47.6 Å². The Labute approximate surface area is 159 Å². The van der Waals surface area contributed by atoms with Gasteiger partial charge in [-0.05, 0) is 50.2 Å². The Morgan fingerprint density at radius 3 is 2.81 bits per heavy atom. The number of nitrogens with one attached hydrogen (secondary N) is 1. The van der Waals surface area contributed by atoms with Crippen LogP contribution in [0.1, 0.15) is 22.3 Å². The molecule has 0 fully saturated rings. The highest BCUT2D eigenvalue weighted by atomic mass is 32.1. The molecule has 3 aromatic heterocycles. The van der Waals surface area contributed by atoms with Crippen LogP contribution in [0.25, 0.3) is 32.2 Å². The minimum atomic E-state index is -0.0825. The number of pyridine rings is 2. The smallest absolute Gasteiger partial charge is 0.264 e. The molecule has 0 saturated carbocycles. The molecule has 132 valence electrons. The number of rotatable bonds is 1. The van der Waals surface area contributed by atoms with Crippen molar-refractivity contribution in [3.05, 3.63) is 53.2 Å². The van der Waals surface area contributed by atoms with Crippen molar-refractivity contribution in [3.8, 4) is 11.3 Å². The van der Waals surface area contributed by atoms with Gasteiger partial charge in [0.1, 0.15) is 4.88 Å². The van der Waals surface area contributed by atoms with E-state index >= 15 is 0 Å². The summed E-state index contributed by atoms with van der Waals surface area (Å²) in [6, 6.07) is 12.0. The first-order valence-corrected chi connectivity index (χ1v) is 9.56. The fourth-order valence-corrected chi connectivity index (χ4v) is 4.41. The second-order valence-electron chi connectivity index (χ2n) is 6.71. The molecule has 0 unspecified atom stereocenters. The minimum absolute atomic E-state index is 0.0698. The first-order chi connectivity index (χ1) is 13.1. The van der Waals surface area contributed by atoms with E-state index in [-0.39, 0.29) is 11.9 Å². The Kier molecular flexibility index (Phi) is 3.55. The van der Waals surface area contributed by atoms with Gasteiger partial charge in [0.2, 0.25) is 0 Å². The van der Waals surface area contributed by atoms with Gasteiger partial charge in [-0.25, -0.2) is 4.98 Å². The molecule has 4 heterocycles. The summed E-state index contributed by atoms with van der Waals surface area (Å²) >= 11 is 1.48. The van der Waals surface area contributed by atoms with Crippen LogP contribution in [0, 0.1) is 6.92 Å². The van der Waals surface area contributed by atoms with Crippen molar-refractivity contribution >= 4 is 50.1 Å². The Balaban J connectivity index is 1.75. The maximum Gasteiger partial charge on any atom is 0.264 e. The summed E-state index contributed by atoms with van der Waals surface area (Å²) in [5, 5.41) is 4.94. The lowest BCUT2D eigenvalue weighted by molar-refractivity contribution is 0.0955. The molecule has 4 aromatic rings. The second-order valence-corrected chi connectivity index (χ2v) is 7.76. The minimum Gasteiger partial charge on any atom is -0.344 e. The van der Waals surface area contributed by atoms with Gasteiger partial charge in [0, 0.05) is 39.1 Å². The van der Waals surface area contributed by atoms with Crippen LogP contribution >= 0.6 is 11.3 Å². The Bertz CT molecular complexity index is 1240. The Morgan fingerprint density at radius 2 is 2.00 bits per heavy atom. The topological polar surface area (TPSA) is 67.2 Å². The summed E-state index contributed by atoms with van der Waals surface area (Å²) in [6.45, 7) is 3.88. The number of aryl methyl sites for hydroxylation is 1. The van der Waals surface area contributed by atoms with Crippen molar-refractivity contribution in [1.82, 2.24) is 15.3 Å². The lowest BCUT2D eigenvalue weighted by atomic mass is 10.1. The van der Waals surface area contributed by atoms with E-state index in [1.54, 1.807) is 6.21 Å². The fraction of sp³-hybridized carbons (Fsp3) is 0.143. The zero-order valence-corrected chi connectivity index (χ0v) is 15.7. The molecule has 0 aliphatic carbocycles. The number of benzene rings is 1. The number of carbonyl (C=O) groups is 1. The maximum atomic E-state index is 12.5. The Hall–Kier alpha value is -3.12. The molecule has 5 nitrogen and oxygen atoms in total. The summed E-state index contributed by atoms with van der Waals surface area (Å²) in [7, 11) is 0. The zero-order chi connectivity index (χ0) is 18.5. The van der Waals surface area contributed by atoms with Crippen LogP contribution in [0.5, 0.6) is 0 Å². The average Bonchev–Trinajstić information content (AvgIpc) is 2.99. The maximum absolute atomic E-state index is 12.5. The highest BCUT2D eigenvalue weighted by Gasteiger charge is 2.23. The lowest BCUT2D eigenvalue weighted by Crippen LogP contribution is -2.31. The number of fused-ring (bicyclic) bond motifs is 5. The number of hydrogen-bond donors (Lipinski definition) is 1. The van der Waals surface area contributed by atoms with Crippen LogP contribution in [0.4, 0.5) is 5.69 Å². The molecule has 1 N–H and O–H groups in total. The summed E-state index contributed by atoms with van der Waals surface area (Å²) < 4.78 is 1.04. The molecule has 6 heteroatoms. The average molecular weight is 372 g/mol. The van der Waals surface area contributed by atoms with Crippen molar-refractivity contribution in [2.24, 2.45) is 4.99 Å². The van der Waals surface area contributed by atoms with Gasteiger partial charge in [-0.2, -0.15) is 0 Å². The number of aromatic nitrogens is 2. The highest BCUT2D eigenvalue weighted by molar-refractivity contribution is 7.21. The summed E-state index contributed by atoms with van der Waals surface area (Å²) in [4.78, 5) is 26.9. The van der Waals surface area contributed by atoms with Crippen molar-refractivity contribution in [1.29, 1.82) is 0 Å².